The molecular weight excluding hydrogens is 384 g/mol. The fourth-order valence-corrected chi connectivity index (χ4v) is 4.16. The maximum atomic E-state index is 12.9. The van der Waals surface area contributed by atoms with Crippen LogP contribution in [0.25, 0.3) is 22.6 Å². The third kappa shape index (κ3) is 4.22. The summed E-state index contributed by atoms with van der Waals surface area (Å²) in [4.78, 5) is 17.8. The number of benzene rings is 2. The minimum absolute atomic E-state index is 0.113. The Morgan fingerprint density at radius 3 is 2.58 bits per heavy atom. The van der Waals surface area contributed by atoms with E-state index in [4.69, 9.17) is 15.0 Å². The molecule has 0 saturated heterocycles. The third-order valence-corrected chi connectivity index (χ3v) is 5.76. The minimum Gasteiger partial charge on any atom is -0.447 e. The van der Waals surface area contributed by atoms with Gasteiger partial charge in [-0.3, -0.25) is 0 Å². The van der Waals surface area contributed by atoms with Crippen LogP contribution in [0.15, 0.2) is 48.5 Å². The number of carbonyl (C=O) groups is 1. The van der Waals surface area contributed by atoms with E-state index in [9.17, 15) is 4.79 Å². The van der Waals surface area contributed by atoms with Gasteiger partial charge in [0, 0.05) is 5.39 Å². The lowest BCUT2D eigenvalue weighted by Crippen LogP contribution is -2.15. The summed E-state index contributed by atoms with van der Waals surface area (Å²) in [5, 5.41) is 9.62. The number of nitrogens with zero attached hydrogens (tertiary/aromatic N) is 2. The van der Waals surface area contributed by atoms with Crippen molar-refractivity contribution in [2.45, 2.75) is 45.4 Å². The number of carbonyl (C=O) groups excluding carboxylic acids is 1. The molecule has 0 unspecified atom stereocenters. The number of pyridine rings is 1. The number of fused-ring (bicyclic) bond motifs is 2. The third-order valence-electron chi connectivity index (χ3n) is 5.76. The molecule has 31 heavy (non-hydrogen) atoms. The molecule has 2 aromatic carbocycles. The summed E-state index contributed by atoms with van der Waals surface area (Å²) in [7, 11) is 0. The molecule has 0 aliphatic heterocycles. The molecule has 0 fully saturated rings. The highest BCUT2D eigenvalue weighted by atomic mass is 16.5. The predicted octanol–water partition coefficient (Wildman–Crippen LogP) is 6.09. The van der Waals surface area contributed by atoms with Crippen molar-refractivity contribution in [2.75, 3.05) is 6.61 Å². The van der Waals surface area contributed by atoms with Crippen molar-refractivity contribution in [1.82, 2.24) is 4.98 Å². The van der Waals surface area contributed by atoms with E-state index in [1.807, 2.05) is 30.3 Å². The minimum atomic E-state index is -0.452. The van der Waals surface area contributed by atoms with Crippen molar-refractivity contribution in [1.29, 1.82) is 5.26 Å². The second-order valence-corrected chi connectivity index (χ2v) is 8.96. The maximum absolute atomic E-state index is 12.9. The second kappa shape index (κ2) is 8.35. The first-order valence-electron chi connectivity index (χ1n) is 10.7. The lowest BCUT2D eigenvalue weighted by molar-refractivity contribution is 0.0556. The molecule has 0 atom stereocenters. The largest absolute Gasteiger partial charge is 0.447 e. The monoisotopic (exact) mass is 410 g/mol. The number of aromatic nitrogens is 1. The molecule has 1 aliphatic rings. The molecule has 1 aliphatic carbocycles. The van der Waals surface area contributed by atoms with Crippen LogP contribution in [0.1, 0.15) is 66.4 Å². The predicted molar refractivity (Wildman–Crippen MR) is 124 cm³/mol. The number of ether oxygens (including phenoxy) is 1. The summed E-state index contributed by atoms with van der Waals surface area (Å²) in [5.41, 5.74) is 6.77. The van der Waals surface area contributed by atoms with Crippen molar-refractivity contribution >= 4 is 28.5 Å². The van der Waals surface area contributed by atoms with Gasteiger partial charge in [-0.1, -0.05) is 63.2 Å². The van der Waals surface area contributed by atoms with Gasteiger partial charge < -0.3 is 4.74 Å². The molecule has 0 bridgehead atoms. The topological polar surface area (TPSA) is 63.0 Å². The normalized spacial score (nSPS) is 14.8. The molecule has 0 saturated carbocycles. The van der Waals surface area contributed by atoms with Crippen molar-refractivity contribution in [3.05, 3.63) is 76.5 Å². The Hall–Kier alpha value is -3.45. The Kier molecular flexibility index (Phi) is 5.61. The lowest BCUT2D eigenvalue weighted by atomic mass is 9.85. The molecule has 3 aromatic rings. The van der Waals surface area contributed by atoms with Gasteiger partial charge in [-0.2, -0.15) is 5.26 Å². The number of esters is 1. The van der Waals surface area contributed by atoms with E-state index in [1.54, 1.807) is 0 Å². The molecule has 4 rings (SSSR count). The summed E-state index contributed by atoms with van der Waals surface area (Å²) in [6, 6.07) is 18.2. The first-order chi connectivity index (χ1) is 14.9. The van der Waals surface area contributed by atoms with Gasteiger partial charge in [0.25, 0.3) is 0 Å². The summed E-state index contributed by atoms with van der Waals surface area (Å²) in [6.45, 7) is 6.37. The van der Waals surface area contributed by atoms with E-state index in [2.05, 4.69) is 51.1 Å². The number of allylic oxidation sites excluding steroid dienone is 1. The van der Waals surface area contributed by atoms with Crippen LogP contribution < -0.4 is 0 Å². The number of hydrogen-bond acceptors (Lipinski definition) is 4. The first-order valence-corrected chi connectivity index (χ1v) is 10.7. The Morgan fingerprint density at radius 1 is 1.13 bits per heavy atom. The van der Waals surface area contributed by atoms with Crippen LogP contribution >= 0.6 is 0 Å². The van der Waals surface area contributed by atoms with E-state index in [0.29, 0.717) is 5.56 Å². The molecule has 0 radical (unpaired) electrons. The molecule has 1 aromatic heterocycles. The number of nitriles is 1. The van der Waals surface area contributed by atoms with Gasteiger partial charge >= 0.3 is 5.97 Å². The van der Waals surface area contributed by atoms with Crippen molar-refractivity contribution in [3.63, 3.8) is 0 Å². The van der Waals surface area contributed by atoms with E-state index < -0.39 is 5.97 Å². The fraction of sp³-hybridized carbons (Fsp3) is 0.296. The first kappa shape index (κ1) is 20.8. The zero-order chi connectivity index (χ0) is 22.0. The van der Waals surface area contributed by atoms with E-state index in [1.165, 1.54) is 5.56 Å². The Balaban J connectivity index is 1.83. The average Bonchev–Trinajstić information content (AvgIpc) is 2.76. The molecule has 1 heterocycles. The zero-order valence-electron chi connectivity index (χ0n) is 18.2. The van der Waals surface area contributed by atoms with Gasteiger partial charge in [0.1, 0.15) is 6.07 Å². The van der Waals surface area contributed by atoms with Gasteiger partial charge in [0.05, 0.1) is 16.8 Å². The molecule has 0 spiro atoms. The molecule has 4 nitrogen and oxygen atoms in total. The van der Waals surface area contributed by atoms with Crippen LogP contribution in [0.4, 0.5) is 0 Å². The molecule has 0 amide bonds. The second-order valence-electron chi connectivity index (χ2n) is 8.96. The highest BCUT2D eigenvalue weighted by Crippen LogP contribution is 2.36. The standard InChI is InChI=1S/C27H26N2O2/c1-27(2,3)20-13-11-18(12-14-20)17-19-7-6-9-22-24(26(30)31-16-15-28)21-8-4-5-10-23(21)29-25(19)22/h4-5,8,10-14,17H,6-7,9,16H2,1-3H3. The summed E-state index contributed by atoms with van der Waals surface area (Å²) < 4.78 is 5.20. The maximum Gasteiger partial charge on any atom is 0.340 e. The van der Waals surface area contributed by atoms with Crippen LogP contribution in [0.5, 0.6) is 0 Å². The smallest absolute Gasteiger partial charge is 0.340 e. The Morgan fingerprint density at radius 2 is 1.87 bits per heavy atom. The highest BCUT2D eigenvalue weighted by molar-refractivity contribution is 6.06. The van der Waals surface area contributed by atoms with Crippen molar-refractivity contribution < 1.29 is 9.53 Å². The Labute approximate surface area is 183 Å². The van der Waals surface area contributed by atoms with Crippen molar-refractivity contribution in [3.8, 4) is 6.07 Å². The number of hydrogen-bond donors (Lipinski definition) is 0. The van der Waals surface area contributed by atoms with Crippen LogP contribution in [0.3, 0.4) is 0 Å². The van der Waals surface area contributed by atoms with Crippen molar-refractivity contribution in [2.24, 2.45) is 0 Å². The fourth-order valence-electron chi connectivity index (χ4n) is 4.16. The summed E-state index contributed by atoms with van der Waals surface area (Å²) in [5.74, 6) is -0.452. The average molecular weight is 411 g/mol. The summed E-state index contributed by atoms with van der Waals surface area (Å²) in [6.07, 6.45) is 4.80. The quantitative estimate of drug-likeness (QED) is 0.490. The van der Waals surface area contributed by atoms with Gasteiger partial charge in [-0.25, -0.2) is 9.78 Å². The lowest BCUT2D eigenvalue weighted by Gasteiger charge is -2.22. The van der Waals surface area contributed by atoms with Gasteiger partial charge in [-0.15, -0.1) is 0 Å². The zero-order valence-corrected chi connectivity index (χ0v) is 18.2. The van der Waals surface area contributed by atoms with E-state index >= 15 is 0 Å². The van der Waals surface area contributed by atoms with Crippen LogP contribution in [0, 0.1) is 11.3 Å². The molecule has 156 valence electrons. The highest BCUT2D eigenvalue weighted by Gasteiger charge is 2.26. The Bertz CT molecular complexity index is 1210. The molecular formula is C27H26N2O2. The van der Waals surface area contributed by atoms with Crippen LogP contribution in [-0.4, -0.2) is 17.6 Å². The number of rotatable bonds is 3. The van der Waals surface area contributed by atoms with Gasteiger partial charge in [0.2, 0.25) is 0 Å². The van der Waals surface area contributed by atoms with Gasteiger partial charge in [-0.05, 0) is 59.1 Å². The van der Waals surface area contributed by atoms with E-state index in [0.717, 1.165) is 52.6 Å². The van der Waals surface area contributed by atoms with Crippen LogP contribution in [-0.2, 0) is 16.6 Å². The van der Waals surface area contributed by atoms with Crippen LogP contribution in [0.2, 0.25) is 0 Å². The van der Waals surface area contributed by atoms with E-state index in [-0.39, 0.29) is 12.0 Å². The SMILES string of the molecule is CC(C)(C)c1ccc(C=C2CCCc3c2nc2ccccc2c3C(=O)OCC#N)cc1. The molecule has 0 N–H and O–H groups in total. The summed E-state index contributed by atoms with van der Waals surface area (Å²) >= 11 is 0. The van der Waals surface area contributed by atoms with Gasteiger partial charge in [0.15, 0.2) is 6.61 Å². The molecule has 4 heteroatoms. The number of para-hydroxylation sites is 1.